The summed E-state index contributed by atoms with van der Waals surface area (Å²) in [5, 5.41) is 35.9. The molecule has 2 unspecified atom stereocenters. The number of Topliss-reactive ketones (excluding diaryl/α,β-unsaturated/α-hetero) is 4. The first-order valence-electron chi connectivity index (χ1n) is 11.8. The lowest BCUT2D eigenvalue weighted by Crippen LogP contribution is -2.77. The number of aliphatic hydroxyl groups excluding tert-OH is 1. The van der Waals surface area contributed by atoms with Crippen LogP contribution >= 0.6 is 11.3 Å². The maximum absolute atomic E-state index is 13.9. The molecule has 0 radical (unpaired) electrons. The summed E-state index contributed by atoms with van der Waals surface area (Å²) in [6.07, 6.45) is -1.66. The summed E-state index contributed by atoms with van der Waals surface area (Å²) >= 11 is 1.41. The SMILES string of the molecule is C[C@@H]1c2c(-c3cccs3)ccc(O)c2C(=O)C2C(=O)[C@@]3(O)C(=O)C(C(N)=O)C(=O)[C@H](N(C)C)[C@H]3[C@H](O)[C@H]21. The number of nitrogens with zero attached hydrogens (tertiary/aromatic N) is 1. The van der Waals surface area contributed by atoms with Crippen LogP contribution in [0.25, 0.3) is 10.4 Å². The van der Waals surface area contributed by atoms with Gasteiger partial charge in [-0.05, 0) is 54.7 Å². The number of benzene rings is 1. The number of ketones is 4. The highest BCUT2D eigenvalue weighted by Crippen LogP contribution is 2.56. The topological polar surface area (TPSA) is 175 Å². The van der Waals surface area contributed by atoms with E-state index < -0.39 is 76.4 Å². The van der Waals surface area contributed by atoms with Crippen LogP contribution in [-0.2, 0) is 19.2 Å². The predicted molar refractivity (Wildman–Crippen MR) is 131 cm³/mol. The Bertz CT molecular complexity index is 1370. The average molecular weight is 527 g/mol. The molecule has 2 saturated carbocycles. The summed E-state index contributed by atoms with van der Waals surface area (Å²) in [6.45, 7) is 1.70. The van der Waals surface area contributed by atoms with E-state index in [1.165, 1.54) is 36.4 Å². The molecule has 2 aromatic rings. The molecule has 8 atom stereocenters. The minimum atomic E-state index is -3.00. The number of fused-ring (bicyclic) bond motifs is 3. The molecule has 2 fully saturated rings. The van der Waals surface area contributed by atoms with E-state index in [1.807, 2.05) is 17.5 Å². The molecule has 0 bridgehead atoms. The zero-order chi connectivity index (χ0) is 27.1. The fourth-order valence-electron chi connectivity index (χ4n) is 6.72. The number of phenols is 1. The summed E-state index contributed by atoms with van der Waals surface area (Å²) in [5.74, 6) is -13.3. The molecule has 1 aromatic heterocycles. The second-order valence-corrected chi connectivity index (χ2v) is 11.2. The number of carbonyl (C=O) groups excluding carboxylic acids is 5. The van der Waals surface area contributed by atoms with E-state index in [0.717, 1.165) is 4.88 Å². The number of hydrogen-bond acceptors (Lipinski definition) is 10. The van der Waals surface area contributed by atoms with Crippen molar-refractivity contribution in [1.82, 2.24) is 4.90 Å². The van der Waals surface area contributed by atoms with Crippen molar-refractivity contribution in [3.63, 3.8) is 0 Å². The number of carbonyl (C=O) groups is 5. The Labute approximate surface area is 215 Å². The Balaban J connectivity index is 1.75. The van der Waals surface area contributed by atoms with Crippen molar-refractivity contribution in [1.29, 1.82) is 0 Å². The van der Waals surface area contributed by atoms with Crippen LogP contribution in [0.3, 0.4) is 0 Å². The van der Waals surface area contributed by atoms with Gasteiger partial charge >= 0.3 is 0 Å². The van der Waals surface area contributed by atoms with Crippen molar-refractivity contribution in [2.24, 2.45) is 29.4 Å². The van der Waals surface area contributed by atoms with E-state index in [-0.39, 0.29) is 11.3 Å². The van der Waals surface area contributed by atoms with Gasteiger partial charge < -0.3 is 21.1 Å². The number of hydrogen-bond donors (Lipinski definition) is 4. The van der Waals surface area contributed by atoms with Gasteiger partial charge in [0.15, 0.2) is 34.7 Å². The second-order valence-electron chi connectivity index (χ2n) is 10.3. The number of likely N-dealkylation sites (N-methyl/N-ethyl adjacent to an activating group) is 1. The summed E-state index contributed by atoms with van der Waals surface area (Å²) in [4.78, 5) is 68.6. The zero-order valence-electron chi connectivity index (χ0n) is 20.2. The Morgan fingerprint density at radius 2 is 1.78 bits per heavy atom. The van der Waals surface area contributed by atoms with Crippen LogP contribution in [-0.4, -0.2) is 81.1 Å². The Hall–Kier alpha value is -3.25. The molecule has 5 N–H and O–H groups in total. The minimum absolute atomic E-state index is 0.114. The van der Waals surface area contributed by atoms with Crippen molar-refractivity contribution in [2.75, 3.05) is 14.1 Å². The molecule has 3 aliphatic carbocycles. The standard InChI is InChI=1S/C26H26N2O8S/c1-9-13-10(12-5-4-8-37-12)6-7-11(29)15(13)20(30)16-14(9)21(31)18-19(28(2)3)22(32)17(25(27)35)24(34)26(18,36)23(16)33/h4-9,14,16-19,21,29,31,36H,1-3H3,(H2,27,35)/t9-,14+,16?,17?,18+,19-,21-,26-/m1/s1. The van der Waals surface area contributed by atoms with Gasteiger partial charge in [0, 0.05) is 10.8 Å². The molecule has 1 amide bonds. The van der Waals surface area contributed by atoms with Crippen LogP contribution < -0.4 is 5.73 Å². The molecular formula is C26H26N2O8S. The first-order chi connectivity index (χ1) is 17.3. The van der Waals surface area contributed by atoms with E-state index in [1.54, 1.807) is 13.0 Å². The van der Waals surface area contributed by atoms with Gasteiger partial charge in [0.25, 0.3) is 0 Å². The van der Waals surface area contributed by atoms with Gasteiger partial charge in [-0.3, -0.25) is 28.9 Å². The highest BCUT2D eigenvalue weighted by molar-refractivity contribution is 7.13. The molecule has 1 heterocycles. The molecule has 5 rings (SSSR count). The fraction of sp³-hybridized carbons (Fsp3) is 0.423. The quantitative estimate of drug-likeness (QED) is 0.405. The molecule has 0 saturated heterocycles. The molecule has 11 heteroatoms. The second kappa shape index (κ2) is 8.38. The molecule has 3 aliphatic rings. The monoisotopic (exact) mass is 526 g/mol. The largest absolute Gasteiger partial charge is 0.507 e. The number of amides is 1. The number of aliphatic hydroxyl groups is 2. The van der Waals surface area contributed by atoms with Gasteiger partial charge in [0.2, 0.25) is 5.91 Å². The lowest BCUT2D eigenvalue weighted by Gasteiger charge is -2.56. The number of primary amides is 1. The lowest BCUT2D eigenvalue weighted by molar-refractivity contribution is -0.196. The van der Waals surface area contributed by atoms with Crippen LogP contribution in [0.15, 0.2) is 29.6 Å². The molecule has 0 aliphatic heterocycles. The Morgan fingerprint density at radius 1 is 1.11 bits per heavy atom. The fourth-order valence-corrected chi connectivity index (χ4v) is 7.48. The Morgan fingerprint density at radius 3 is 2.35 bits per heavy atom. The first-order valence-corrected chi connectivity index (χ1v) is 12.7. The first kappa shape index (κ1) is 25.4. The van der Waals surface area contributed by atoms with Crippen molar-refractivity contribution >= 4 is 40.4 Å². The van der Waals surface area contributed by atoms with Crippen LogP contribution in [0.2, 0.25) is 0 Å². The van der Waals surface area contributed by atoms with Gasteiger partial charge in [0.05, 0.1) is 29.5 Å². The normalized spacial score (nSPS) is 35.2. The third-order valence-corrected chi connectivity index (χ3v) is 9.16. The molecule has 194 valence electrons. The highest BCUT2D eigenvalue weighted by Gasteiger charge is 2.73. The smallest absolute Gasteiger partial charge is 0.235 e. The molecule has 10 nitrogen and oxygen atoms in total. The molecule has 37 heavy (non-hydrogen) atoms. The van der Waals surface area contributed by atoms with Crippen LogP contribution in [0.4, 0.5) is 0 Å². The van der Waals surface area contributed by atoms with Crippen molar-refractivity contribution in [3.8, 4) is 16.2 Å². The number of aromatic hydroxyl groups is 1. The summed E-state index contributed by atoms with van der Waals surface area (Å²) < 4.78 is 0. The molecule has 0 spiro atoms. The molecular weight excluding hydrogens is 500 g/mol. The van der Waals surface area contributed by atoms with Gasteiger partial charge in [-0.15, -0.1) is 11.3 Å². The van der Waals surface area contributed by atoms with Gasteiger partial charge in [-0.1, -0.05) is 13.0 Å². The number of thiophene rings is 1. The number of rotatable bonds is 3. The predicted octanol–water partition coefficient (Wildman–Crippen LogP) is 0.127. The third-order valence-electron chi connectivity index (χ3n) is 8.25. The van der Waals surface area contributed by atoms with Crippen LogP contribution in [0.5, 0.6) is 5.75 Å². The van der Waals surface area contributed by atoms with Gasteiger partial charge in [-0.25, -0.2) is 0 Å². The number of phenolic OH excluding ortho intramolecular Hbond substituents is 1. The van der Waals surface area contributed by atoms with Crippen molar-refractivity contribution in [2.45, 2.75) is 30.6 Å². The van der Waals surface area contributed by atoms with Crippen molar-refractivity contribution in [3.05, 3.63) is 40.8 Å². The maximum Gasteiger partial charge on any atom is 0.235 e. The van der Waals surface area contributed by atoms with E-state index in [9.17, 15) is 39.3 Å². The van der Waals surface area contributed by atoms with Crippen LogP contribution in [0.1, 0.15) is 28.8 Å². The minimum Gasteiger partial charge on any atom is -0.507 e. The van der Waals surface area contributed by atoms with E-state index in [0.29, 0.717) is 11.1 Å². The van der Waals surface area contributed by atoms with E-state index in [4.69, 9.17) is 5.73 Å². The highest BCUT2D eigenvalue weighted by atomic mass is 32.1. The van der Waals surface area contributed by atoms with Crippen LogP contribution in [0, 0.1) is 23.7 Å². The average Bonchev–Trinajstić information content (AvgIpc) is 3.36. The third kappa shape index (κ3) is 3.18. The Kier molecular flexibility index (Phi) is 5.76. The van der Waals surface area contributed by atoms with E-state index in [2.05, 4.69) is 0 Å². The summed E-state index contributed by atoms with van der Waals surface area (Å²) in [5.41, 5.74) is 3.29. The van der Waals surface area contributed by atoms with E-state index >= 15 is 0 Å². The summed E-state index contributed by atoms with van der Waals surface area (Å²) in [6, 6.07) is 5.27. The summed E-state index contributed by atoms with van der Waals surface area (Å²) in [7, 11) is 2.91. The maximum atomic E-state index is 13.9. The lowest BCUT2D eigenvalue weighted by atomic mass is 9.49. The number of nitrogens with two attached hydrogens (primary N) is 1. The van der Waals surface area contributed by atoms with Gasteiger partial charge in [-0.2, -0.15) is 0 Å². The zero-order valence-corrected chi connectivity index (χ0v) is 21.1. The van der Waals surface area contributed by atoms with Crippen molar-refractivity contribution < 1.29 is 39.3 Å². The van der Waals surface area contributed by atoms with Gasteiger partial charge in [0.1, 0.15) is 5.75 Å². The molecule has 1 aromatic carbocycles.